The van der Waals surface area contributed by atoms with Crippen molar-refractivity contribution in [3.8, 4) is 0 Å². The van der Waals surface area contributed by atoms with Crippen LogP contribution in [0.1, 0.15) is 54.9 Å². The molecule has 1 fully saturated rings. The Labute approximate surface area is 212 Å². The summed E-state index contributed by atoms with van der Waals surface area (Å²) in [6.45, 7) is 7.78. The summed E-state index contributed by atoms with van der Waals surface area (Å²) in [5.41, 5.74) is 4.58. The molecule has 2 aromatic rings. The summed E-state index contributed by atoms with van der Waals surface area (Å²) in [7, 11) is 0. The minimum absolute atomic E-state index is 0. The smallest absolute Gasteiger partial charge is 0.391 e. The maximum Gasteiger partial charge on any atom is 1.00 e. The summed E-state index contributed by atoms with van der Waals surface area (Å²) in [6.07, 6.45) is 9.29. The number of rotatable bonds is 4. The molecule has 3 nitrogen and oxygen atoms in total. The van der Waals surface area contributed by atoms with Crippen molar-refractivity contribution in [2.24, 2.45) is 5.92 Å². The van der Waals surface area contributed by atoms with Crippen molar-refractivity contribution in [3.63, 3.8) is 0 Å². The molecule has 3 rings (SSSR count). The molecular weight excluding hydrogens is 373 g/mol. The summed E-state index contributed by atoms with van der Waals surface area (Å²) in [6, 6.07) is 13.6. The zero-order valence-corrected chi connectivity index (χ0v) is 20.4. The number of carbonyl (C=O) groups is 1. The monoisotopic (exact) mass is 401 g/mol. The minimum Gasteiger partial charge on any atom is -0.391 e. The fraction of sp³-hybridized carbons (Fsp3) is 0.333. The van der Waals surface area contributed by atoms with Crippen molar-refractivity contribution < 1.29 is 61.0 Å². The van der Waals surface area contributed by atoms with Gasteiger partial charge in [-0.05, 0) is 30.4 Å². The molecule has 0 saturated heterocycles. The van der Waals surface area contributed by atoms with Gasteiger partial charge in [0.1, 0.15) is 0 Å². The summed E-state index contributed by atoms with van der Waals surface area (Å²) in [4.78, 5) is 22.2. The summed E-state index contributed by atoms with van der Waals surface area (Å²) >= 11 is 0. The predicted molar refractivity (Wildman–Crippen MR) is 111 cm³/mol. The number of aryl methyl sites for hydroxylation is 2. The molecule has 0 spiro atoms. The van der Waals surface area contributed by atoms with Gasteiger partial charge in [0.25, 0.3) is 0 Å². The molecule has 0 unspecified atom stereocenters. The molecule has 144 valence electrons. The Bertz CT molecular complexity index is 750. The Balaban J connectivity index is 0.000000307. The van der Waals surface area contributed by atoms with Crippen LogP contribution in [0.15, 0.2) is 42.5 Å². The Kier molecular flexibility index (Phi) is 12.0. The molecular formula is C24H28KNO2-2. The Morgan fingerprint density at radius 1 is 1.18 bits per heavy atom. The van der Waals surface area contributed by atoms with Crippen molar-refractivity contribution in [1.29, 1.82) is 0 Å². The van der Waals surface area contributed by atoms with Gasteiger partial charge in [0, 0.05) is 11.6 Å². The maximum atomic E-state index is 12.0. The first kappa shape index (κ1) is 25.1. The molecule has 4 heteroatoms. The van der Waals surface area contributed by atoms with Crippen molar-refractivity contribution >= 4 is 17.9 Å². The van der Waals surface area contributed by atoms with E-state index < -0.39 is 0 Å². The Hall–Kier alpha value is -0.914. The topological polar surface area (TPSA) is 46.2 Å². The third-order valence-electron chi connectivity index (χ3n) is 4.96. The molecule has 0 aliphatic heterocycles. The van der Waals surface area contributed by atoms with E-state index in [4.69, 9.17) is 0 Å². The fourth-order valence-electron chi connectivity index (χ4n) is 3.05. The number of amides is 1. The average molecular weight is 402 g/mol. The number of carbonyl (C=O) groups excluding carboxylic acids is 2. The Morgan fingerprint density at radius 2 is 1.82 bits per heavy atom. The zero-order valence-electron chi connectivity index (χ0n) is 17.3. The van der Waals surface area contributed by atoms with Crippen LogP contribution in [0.25, 0.3) is 0 Å². The minimum atomic E-state index is 0. The molecule has 0 aromatic heterocycles. The third kappa shape index (κ3) is 7.84. The summed E-state index contributed by atoms with van der Waals surface area (Å²) < 4.78 is 0. The van der Waals surface area contributed by atoms with Gasteiger partial charge in [-0.1, -0.05) is 38.8 Å². The summed E-state index contributed by atoms with van der Waals surface area (Å²) in [5, 5.41) is 3.01. The first-order valence-electron chi connectivity index (χ1n) is 9.56. The molecule has 0 radical (unpaired) electrons. The first-order chi connectivity index (χ1) is 13.0. The van der Waals surface area contributed by atoms with Crippen LogP contribution in [0.3, 0.4) is 0 Å². The van der Waals surface area contributed by atoms with Gasteiger partial charge in [0.15, 0.2) is 0 Å². The second-order valence-corrected chi connectivity index (χ2v) is 6.88. The molecule has 0 bridgehead atoms. The van der Waals surface area contributed by atoms with E-state index in [1.165, 1.54) is 5.56 Å². The van der Waals surface area contributed by atoms with Gasteiger partial charge in [-0.3, -0.25) is 22.8 Å². The molecule has 1 saturated carbocycles. The number of benzene rings is 2. The van der Waals surface area contributed by atoms with Crippen LogP contribution >= 0.6 is 0 Å². The molecule has 28 heavy (non-hydrogen) atoms. The predicted octanol–water partition coefficient (Wildman–Crippen LogP) is 2.22. The van der Waals surface area contributed by atoms with E-state index in [2.05, 4.69) is 37.7 Å². The van der Waals surface area contributed by atoms with Crippen LogP contribution in [0, 0.1) is 26.2 Å². The molecule has 1 aliphatic rings. The van der Waals surface area contributed by atoms with E-state index in [9.17, 15) is 9.59 Å². The normalized spacial score (nSPS) is 13.5. The number of nitrogens with one attached hydrogen (secondary N) is 1. The van der Waals surface area contributed by atoms with E-state index in [0.717, 1.165) is 48.9 Å². The van der Waals surface area contributed by atoms with Crippen LogP contribution in [-0.2, 0) is 16.0 Å². The molecule has 0 heterocycles. The fourth-order valence-corrected chi connectivity index (χ4v) is 3.05. The van der Waals surface area contributed by atoms with Gasteiger partial charge in [0.05, 0.1) is 0 Å². The second-order valence-electron chi connectivity index (χ2n) is 6.88. The Morgan fingerprint density at radius 3 is 2.36 bits per heavy atom. The molecule has 1 N–H and O–H groups in total. The van der Waals surface area contributed by atoms with Crippen LogP contribution < -0.4 is 56.7 Å². The van der Waals surface area contributed by atoms with Crippen molar-refractivity contribution in [3.05, 3.63) is 78.1 Å². The summed E-state index contributed by atoms with van der Waals surface area (Å²) in [5.74, 6) is 0.383. The largest absolute Gasteiger partial charge is 1.00 e. The third-order valence-corrected chi connectivity index (χ3v) is 4.96. The maximum absolute atomic E-state index is 12.0. The van der Waals surface area contributed by atoms with E-state index in [-0.39, 0.29) is 63.2 Å². The van der Waals surface area contributed by atoms with E-state index in [0.29, 0.717) is 5.56 Å². The molecule has 1 amide bonds. The van der Waals surface area contributed by atoms with Gasteiger partial charge in [-0.25, -0.2) is 11.6 Å². The van der Waals surface area contributed by atoms with Gasteiger partial charge < -0.3 is 16.5 Å². The van der Waals surface area contributed by atoms with Crippen molar-refractivity contribution in [2.45, 2.75) is 46.0 Å². The van der Waals surface area contributed by atoms with E-state index in [1.54, 1.807) is 6.07 Å². The zero-order chi connectivity index (χ0) is 19.6. The van der Waals surface area contributed by atoms with Crippen LogP contribution in [0.5, 0.6) is 0 Å². The SMILES string of the molecule is CCc1ccc(NC(=O)C2CC[CH-]CC2)cc1.[CH2-]c1c(C)cccc1[C-]=O.[K+]. The van der Waals surface area contributed by atoms with E-state index >= 15 is 0 Å². The molecule has 2 aromatic carbocycles. The first-order valence-corrected chi connectivity index (χ1v) is 9.56. The van der Waals surface area contributed by atoms with Gasteiger partial charge >= 0.3 is 51.4 Å². The number of hydrogen-bond donors (Lipinski definition) is 1. The molecule has 1 aliphatic carbocycles. The van der Waals surface area contributed by atoms with Crippen LogP contribution in [0.2, 0.25) is 0 Å². The van der Waals surface area contributed by atoms with Crippen molar-refractivity contribution in [1.82, 2.24) is 0 Å². The van der Waals surface area contributed by atoms with Gasteiger partial charge in [-0.2, -0.15) is 12.8 Å². The van der Waals surface area contributed by atoms with Crippen LogP contribution in [0.4, 0.5) is 5.69 Å². The number of hydrogen-bond acceptors (Lipinski definition) is 2. The van der Waals surface area contributed by atoms with Gasteiger partial charge in [0.2, 0.25) is 5.91 Å². The quantitative estimate of drug-likeness (QED) is 0.631. The standard InChI is InChI=1S/C15H20NO.C9H8O.K/c1-2-12-8-10-14(11-9-12)16-15(17)13-6-4-3-5-7-13;1-7-4-3-5-9(6-10)8(7)2;/h3,8-11,13H,2,4-7H2,1H3,(H,16,17);3-5H,2H2,1H3;/q-1;-2;+1. The van der Waals surface area contributed by atoms with Crippen LogP contribution in [-0.4, -0.2) is 12.2 Å². The average Bonchev–Trinajstić information content (AvgIpc) is 2.72. The second kappa shape index (κ2) is 13.3. The van der Waals surface area contributed by atoms with Gasteiger partial charge in [-0.15, -0.1) is 12.1 Å². The van der Waals surface area contributed by atoms with Crippen molar-refractivity contribution in [2.75, 3.05) is 5.32 Å². The molecule has 0 atom stereocenters. The number of anilines is 1. The van der Waals surface area contributed by atoms with E-state index in [1.807, 2.05) is 37.5 Å².